The SMILES string of the molecule is CCOc1ccccc1N(CC(=O)N/N=C/c1cc(C)n(-c2cccc(C)c2)c1C)S(C)(=O)=O. The third kappa shape index (κ3) is 5.85. The predicted octanol–water partition coefficient (Wildman–Crippen LogP) is 3.72. The first-order chi connectivity index (χ1) is 16.1. The molecule has 2 aromatic carbocycles. The van der Waals surface area contributed by atoms with Crippen molar-refractivity contribution in [3.8, 4) is 11.4 Å². The minimum Gasteiger partial charge on any atom is -0.492 e. The van der Waals surface area contributed by atoms with Gasteiger partial charge in [0.1, 0.15) is 12.3 Å². The van der Waals surface area contributed by atoms with E-state index in [1.54, 1.807) is 37.4 Å². The fourth-order valence-electron chi connectivity index (χ4n) is 3.74. The van der Waals surface area contributed by atoms with Gasteiger partial charge in [0.05, 0.1) is 24.8 Å². The summed E-state index contributed by atoms with van der Waals surface area (Å²) in [4.78, 5) is 12.6. The minimum absolute atomic E-state index is 0.299. The van der Waals surface area contributed by atoms with Crippen molar-refractivity contribution in [3.05, 3.63) is 77.1 Å². The van der Waals surface area contributed by atoms with E-state index in [2.05, 4.69) is 21.2 Å². The number of amides is 1. The van der Waals surface area contributed by atoms with Crippen LogP contribution in [-0.2, 0) is 14.8 Å². The summed E-state index contributed by atoms with van der Waals surface area (Å²) in [5, 5.41) is 4.06. The first-order valence-electron chi connectivity index (χ1n) is 10.9. The average Bonchev–Trinajstić information content (AvgIpc) is 3.05. The van der Waals surface area contributed by atoms with Crippen molar-refractivity contribution in [1.29, 1.82) is 0 Å². The summed E-state index contributed by atoms with van der Waals surface area (Å²) in [7, 11) is -3.74. The van der Waals surface area contributed by atoms with Crippen LogP contribution in [0, 0.1) is 20.8 Å². The zero-order chi connectivity index (χ0) is 24.9. The van der Waals surface area contributed by atoms with Crippen molar-refractivity contribution >= 4 is 27.8 Å². The number of hydrazone groups is 1. The minimum atomic E-state index is -3.74. The fraction of sp³-hybridized carbons (Fsp3) is 0.280. The lowest BCUT2D eigenvalue weighted by molar-refractivity contribution is -0.119. The summed E-state index contributed by atoms with van der Waals surface area (Å²) in [6, 6.07) is 16.9. The topological polar surface area (TPSA) is 93.0 Å². The summed E-state index contributed by atoms with van der Waals surface area (Å²) in [6.07, 6.45) is 2.61. The molecule has 0 bridgehead atoms. The van der Waals surface area contributed by atoms with Crippen LogP contribution < -0.4 is 14.5 Å². The van der Waals surface area contributed by atoms with Gasteiger partial charge in [0, 0.05) is 22.6 Å². The second-order valence-corrected chi connectivity index (χ2v) is 9.87. The number of carbonyl (C=O) groups excluding carboxylic acids is 1. The number of aromatic nitrogens is 1. The first-order valence-corrected chi connectivity index (χ1v) is 12.7. The van der Waals surface area contributed by atoms with Crippen molar-refractivity contribution in [1.82, 2.24) is 9.99 Å². The molecule has 0 saturated heterocycles. The second kappa shape index (κ2) is 10.6. The molecule has 8 nitrogen and oxygen atoms in total. The third-order valence-electron chi connectivity index (χ3n) is 5.24. The lowest BCUT2D eigenvalue weighted by atomic mass is 10.2. The highest BCUT2D eigenvalue weighted by Gasteiger charge is 2.23. The molecule has 1 heterocycles. The molecular formula is C25H30N4O4S. The Bertz CT molecular complexity index is 1310. The zero-order valence-corrected chi connectivity index (χ0v) is 20.9. The summed E-state index contributed by atoms with van der Waals surface area (Å²) in [5.41, 5.74) is 7.80. The highest BCUT2D eigenvalue weighted by Crippen LogP contribution is 2.29. The molecular weight excluding hydrogens is 452 g/mol. The van der Waals surface area contributed by atoms with E-state index in [1.807, 2.05) is 45.0 Å². The smallest absolute Gasteiger partial charge is 0.260 e. The van der Waals surface area contributed by atoms with E-state index in [4.69, 9.17) is 4.74 Å². The van der Waals surface area contributed by atoms with Crippen molar-refractivity contribution in [2.24, 2.45) is 5.10 Å². The number of aryl methyl sites for hydroxylation is 2. The molecule has 180 valence electrons. The van der Waals surface area contributed by atoms with Crippen LogP contribution in [0.2, 0.25) is 0 Å². The molecule has 1 amide bonds. The van der Waals surface area contributed by atoms with Gasteiger partial charge in [-0.3, -0.25) is 9.10 Å². The van der Waals surface area contributed by atoms with Gasteiger partial charge in [-0.1, -0.05) is 24.3 Å². The Morgan fingerprint density at radius 1 is 1.12 bits per heavy atom. The second-order valence-electron chi connectivity index (χ2n) is 7.96. The maximum absolute atomic E-state index is 12.6. The Morgan fingerprint density at radius 3 is 2.53 bits per heavy atom. The van der Waals surface area contributed by atoms with Gasteiger partial charge in [-0.25, -0.2) is 13.8 Å². The van der Waals surface area contributed by atoms with Crippen molar-refractivity contribution in [2.45, 2.75) is 27.7 Å². The van der Waals surface area contributed by atoms with Crippen LogP contribution in [0.25, 0.3) is 5.69 Å². The van der Waals surface area contributed by atoms with Crippen LogP contribution in [0.5, 0.6) is 5.75 Å². The average molecular weight is 483 g/mol. The lowest BCUT2D eigenvalue weighted by Crippen LogP contribution is -2.39. The molecule has 0 atom stereocenters. The number of sulfonamides is 1. The van der Waals surface area contributed by atoms with Crippen molar-refractivity contribution < 1.29 is 17.9 Å². The number of para-hydroxylation sites is 2. The van der Waals surface area contributed by atoms with Gasteiger partial charge in [0.15, 0.2) is 0 Å². The molecule has 1 N–H and O–H groups in total. The first kappa shape index (κ1) is 25.0. The van der Waals surface area contributed by atoms with Crippen LogP contribution in [0.4, 0.5) is 5.69 Å². The molecule has 0 unspecified atom stereocenters. The molecule has 0 saturated carbocycles. The van der Waals surface area contributed by atoms with E-state index >= 15 is 0 Å². The molecule has 0 radical (unpaired) electrons. The van der Waals surface area contributed by atoms with Crippen LogP contribution in [0.1, 0.15) is 29.4 Å². The van der Waals surface area contributed by atoms with Gasteiger partial charge < -0.3 is 9.30 Å². The molecule has 3 rings (SSSR count). The van der Waals surface area contributed by atoms with Crippen LogP contribution in [-0.4, -0.2) is 44.5 Å². The number of ether oxygens (including phenoxy) is 1. The number of nitrogens with zero attached hydrogens (tertiary/aromatic N) is 3. The number of hydrogen-bond donors (Lipinski definition) is 1. The van der Waals surface area contributed by atoms with Gasteiger partial charge >= 0.3 is 0 Å². The van der Waals surface area contributed by atoms with Gasteiger partial charge in [0.25, 0.3) is 5.91 Å². The van der Waals surface area contributed by atoms with E-state index in [-0.39, 0.29) is 0 Å². The van der Waals surface area contributed by atoms with E-state index in [1.165, 1.54) is 0 Å². The number of anilines is 1. The summed E-state index contributed by atoms with van der Waals surface area (Å²) in [5.74, 6) is -0.184. The van der Waals surface area contributed by atoms with Gasteiger partial charge in [0.2, 0.25) is 10.0 Å². The fourth-order valence-corrected chi connectivity index (χ4v) is 4.60. The number of rotatable bonds is 9. The normalized spacial score (nSPS) is 11.6. The Balaban J connectivity index is 1.76. The molecule has 34 heavy (non-hydrogen) atoms. The van der Waals surface area contributed by atoms with Crippen molar-refractivity contribution in [2.75, 3.05) is 23.7 Å². The van der Waals surface area contributed by atoms with Gasteiger partial charge in [-0.05, 0) is 63.6 Å². The van der Waals surface area contributed by atoms with Crippen LogP contribution in [0.3, 0.4) is 0 Å². The van der Waals surface area contributed by atoms with Crippen LogP contribution in [0.15, 0.2) is 59.7 Å². The number of nitrogens with one attached hydrogen (secondary N) is 1. The maximum atomic E-state index is 12.6. The zero-order valence-electron chi connectivity index (χ0n) is 20.1. The molecule has 3 aromatic rings. The Kier molecular flexibility index (Phi) is 7.78. The maximum Gasteiger partial charge on any atom is 0.260 e. The molecule has 0 aliphatic rings. The van der Waals surface area contributed by atoms with Gasteiger partial charge in [-0.15, -0.1) is 0 Å². The van der Waals surface area contributed by atoms with Crippen LogP contribution >= 0.6 is 0 Å². The van der Waals surface area contributed by atoms with E-state index in [0.717, 1.165) is 38.8 Å². The molecule has 0 aliphatic carbocycles. The Hall–Kier alpha value is -3.59. The summed E-state index contributed by atoms with van der Waals surface area (Å²) >= 11 is 0. The summed E-state index contributed by atoms with van der Waals surface area (Å²) < 4.78 is 33.5. The number of benzene rings is 2. The van der Waals surface area contributed by atoms with Crippen molar-refractivity contribution in [3.63, 3.8) is 0 Å². The predicted molar refractivity (Wildman–Crippen MR) is 136 cm³/mol. The van der Waals surface area contributed by atoms with E-state index < -0.39 is 22.5 Å². The lowest BCUT2D eigenvalue weighted by Gasteiger charge is -2.23. The highest BCUT2D eigenvalue weighted by atomic mass is 32.2. The highest BCUT2D eigenvalue weighted by molar-refractivity contribution is 7.92. The molecule has 9 heteroatoms. The largest absolute Gasteiger partial charge is 0.492 e. The number of carbonyl (C=O) groups is 1. The Labute approximate surface area is 200 Å². The van der Waals surface area contributed by atoms with E-state index in [0.29, 0.717) is 18.0 Å². The molecule has 0 aliphatic heterocycles. The standard InChI is InChI=1S/C25H30N4O4S/c1-6-33-24-13-8-7-12-23(24)28(34(5,31)32)17-25(30)27-26-16-21-15-19(3)29(20(21)4)22-11-9-10-18(2)14-22/h7-16H,6,17H2,1-5H3,(H,27,30)/b26-16+. The number of hydrogen-bond acceptors (Lipinski definition) is 5. The monoisotopic (exact) mass is 482 g/mol. The molecule has 0 fully saturated rings. The van der Waals surface area contributed by atoms with E-state index in [9.17, 15) is 13.2 Å². The quantitative estimate of drug-likeness (QED) is 0.372. The third-order valence-corrected chi connectivity index (χ3v) is 6.37. The molecule has 1 aromatic heterocycles. The Morgan fingerprint density at radius 2 is 1.85 bits per heavy atom. The molecule has 0 spiro atoms. The van der Waals surface area contributed by atoms with Gasteiger partial charge in [-0.2, -0.15) is 5.10 Å². The summed E-state index contributed by atoms with van der Waals surface area (Å²) in [6.45, 7) is 7.77.